The summed E-state index contributed by atoms with van der Waals surface area (Å²) in [5.41, 5.74) is -0.0300. The smallest absolute Gasteiger partial charge is 0.296 e. The molecule has 5 heteroatoms. The maximum atomic E-state index is 12.0. The fourth-order valence-electron chi connectivity index (χ4n) is 1.46. The maximum absolute atomic E-state index is 12.0. The van der Waals surface area contributed by atoms with Gasteiger partial charge in [0.05, 0.1) is 13.2 Å². The fourth-order valence-corrected chi connectivity index (χ4v) is 3.19. The van der Waals surface area contributed by atoms with E-state index in [0.29, 0.717) is 19.8 Å². The van der Waals surface area contributed by atoms with E-state index in [0.717, 1.165) is 12.8 Å². The molecule has 1 heterocycles. The normalized spacial score (nSPS) is 23.2. The molecular formula is C11H24NO3P. The van der Waals surface area contributed by atoms with Gasteiger partial charge in [0.1, 0.15) is 0 Å². The van der Waals surface area contributed by atoms with Gasteiger partial charge < -0.3 is 0 Å². The predicted molar refractivity (Wildman–Crippen MR) is 65.4 cm³/mol. The first kappa shape index (κ1) is 14.2. The SMILES string of the molecule is CCCCCCNP1(=O)OCC(C)(C)CO1. The van der Waals surface area contributed by atoms with Crippen LogP contribution in [-0.4, -0.2) is 19.8 Å². The third kappa shape index (κ3) is 4.96. The maximum Gasteiger partial charge on any atom is 0.405 e. The highest BCUT2D eigenvalue weighted by molar-refractivity contribution is 7.51. The summed E-state index contributed by atoms with van der Waals surface area (Å²) in [6.45, 7) is 7.94. The lowest BCUT2D eigenvalue weighted by molar-refractivity contribution is 0.0372. The molecule has 96 valence electrons. The van der Waals surface area contributed by atoms with Crippen molar-refractivity contribution in [1.29, 1.82) is 0 Å². The molecule has 0 aromatic carbocycles. The largest absolute Gasteiger partial charge is 0.405 e. The van der Waals surface area contributed by atoms with Crippen molar-refractivity contribution in [1.82, 2.24) is 5.09 Å². The van der Waals surface area contributed by atoms with E-state index in [-0.39, 0.29) is 5.41 Å². The third-order valence-corrected chi connectivity index (χ3v) is 4.14. The van der Waals surface area contributed by atoms with Crippen LogP contribution in [0.4, 0.5) is 0 Å². The second-order valence-corrected chi connectivity index (χ2v) is 7.00. The molecule has 0 saturated carbocycles. The highest BCUT2D eigenvalue weighted by Gasteiger charge is 2.36. The van der Waals surface area contributed by atoms with Crippen molar-refractivity contribution < 1.29 is 13.6 Å². The molecule has 1 aliphatic rings. The zero-order valence-electron chi connectivity index (χ0n) is 10.6. The van der Waals surface area contributed by atoms with Crippen LogP contribution in [0.25, 0.3) is 0 Å². The summed E-state index contributed by atoms with van der Waals surface area (Å²) >= 11 is 0. The fraction of sp³-hybridized carbons (Fsp3) is 1.00. The van der Waals surface area contributed by atoms with Crippen molar-refractivity contribution in [3.8, 4) is 0 Å². The molecule has 0 atom stereocenters. The summed E-state index contributed by atoms with van der Waals surface area (Å²) in [5, 5.41) is 2.91. The molecule has 0 aromatic heterocycles. The molecule has 16 heavy (non-hydrogen) atoms. The van der Waals surface area contributed by atoms with Crippen molar-refractivity contribution in [2.75, 3.05) is 19.8 Å². The Balaban J connectivity index is 2.19. The first-order chi connectivity index (χ1) is 7.47. The van der Waals surface area contributed by atoms with Gasteiger partial charge in [-0.25, -0.2) is 9.65 Å². The highest BCUT2D eigenvalue weighted by Crippen LogP contribution is 2.49. The van der Waals surface area contributed by atoms with Gasteiger partial charge in [0.15, 0.2) is 0 Å². The van der Waals surface area contributed by atoms with Crippen LogP contribution >= 0.6 is 7.75 Å². The first-order valence-corrected chi connectivity index (χ1v) is 7.66. The Labute approximate surface area is 98.7 Å². The lowest BCUT2D eigenvalue weighted by Gasteiger charge is -2.33. The molecule has 4 nitrogen and oxygen atoms in total. The van der Waals surface area contributed by atoms with E-state index < -0.39 is 7.75 Å². The number of hydrogen-bond acceptors (Lipinski definition) is 3. The molecule has 1 fully saturated rings. The van der Waals surface area contributed by atoms with E-state index in [1.54, 1.807) is 0 Å². The summed E-state index contributed by atoms with van der Waals surface area (Å²) in [4.78, 5) is 0. The average Bonchev–Trinajstić information content (AvgIpc) is 2.23. The van der Waals surface area contributed by atoms with Gasteiger partial charge in [-0.15, -0.1) is 0 Å². The van der Waals surface area contributed by atoms with Gasteiger partial charge in [-0.05, 0) is 6.42 Å². The van der Waals surface area contributed by atoms with Crippen LogP contribution in [0.5, 0.6) is 0 Å². The minimum Gasteiger partial charge on any atom is -0.296 e. The van der Waals surface area contributed by atoms with Crippen LogP contribution in [0.2, 0.25) is 0 Å². The zero-order chi connectivity index (χ0) is 12.1. The average molecular weight is 249 g/mol. The molecule has 0 unspecified atom stereocenters. The number of hydrogen-bond donors (Lipinski definition) is 1. The Morgan fingerprint density at radius 1 is 1.19 bits per heavy atom. The molecule has 0 amide bonds. The molecule has 0 bridgehead atoms. The Hall–Kier alpha value is 0.110. The van der Waals surface area contributed by atoms with Crippen molar-refractivity contribution in [2.24, 2.45) is 5.41 Å². The van der Waals surface area contributed by atoms with Crippen LogP contribution in [0, 0.1) is 5.41 Å². The minimum atomic E-state index is -2.99. The van der Waals surface area contributed by atoms with Gasteiger partial charge in [-0.3, -0.25) is 9.05 Å². The molecular weight excluding hydrogens is 225 g/mol. The van der Waals surface area contributed by atoms with Crippen molar-refractivity contribution in [3.63, 3.8) is 0 Å². The molecule has 1 aliphatic heterocycles. The minimum absolute atomic E-state index is 0.0300. The molecule has 0 aliphatic carbocycles. The van der Waals surface area contributed by atoms with E-state index in [2.05, 4.69) is 12.0 Å². The lowest BCUT2D eigenvalue weighted by atomic mass is 9.97. The van der Waals surface area contributed by atoms with Crippen molar-refractivity contribution >= 4 is 7.75 Å². The summed E-state index contributed by atoms with van der Waals surface area (Å²) in [7, 11) is -2.99. The zero-order valence-corrected chi connectivity index (χ0v) is 11.5. The summed E-state index contributed by atoms with van der Waals surface area (Å²) in [5.74, 6) is 0. The van der Waals surface area contributed by atoms with Gasteiger partial charge in [-0.2, -0.15) is 0 Å². The van der Waals surface area contributed by atoms with Crippen LogP contribution in [0.1, 0.15) is 46.5 Å². The van der Waals surface area contributed by atoms with Gasteiger partial charge >= 0.3 is 7.75 Å². The summed E-state index contributed by atoms with van der Waals surface area (Å²) < 4.78 is 22.6. The first-order valence-electron chi connectivity index (χ1n) is 6.12. The number of rotatable bonds is 6. The van der Waals surface area contributed by atoms with Crippen LogP contribution in [-0.2, 0) is 13.6 Å². The van der Waals surface area contributed by atoms with Gasteiger partial charge in [0.25, 0.3) is 0 Å². The Kier molecular flexibility index (Phi) is 5.45. The molecule has 0 aromatic rings. The van der Waals surface area contributed by atoms with E-state index in [9.17, 15) is 4.57 Å². The van der Waals surface area contributed by atoms with Crippen molar-refractivity contribution in [2.45, 2.75) is 46.5 Å². The van der Waals surface area contributed by atoms with E-state index in [1.165, 1.54) is 12.8 Å². The van der Waals surface area contributed by atoms with Crippen molar-refractivity contribution in [3.05, 3.63) is 0 Å². The van der Waals surface area contributed by atoms with E-state index in [4.69, 9.17) is 9.05 Å². The van der Waals surface area contributed by atoms with E-state index in [1.807, 2.05) is 13.8 Å². The third-order valence-electron chi connectivity index (χ3n) is 2.59. The molecule has 0 radical (unpaired) electrons. The standard InChI is InChI=1S/C11H24NO3P/c1-4-5-6-7-8-12-16(13)14-9-11(2,3)10-15-16/h4-10H2,1-3H3,(H,12,13). The molecule has 0 spiro atoms. The predicted octanol–water partition coefficient (Wildman–Crippen LogP) is 3.34. The molecule has 1 saturated heterocycles. The monoisotopic (exact) mass is 249 g/mol. The van der Waals surface area contributed by atoms with Crippen LogP contribution in [0.3, 0.4) is 0 Å². The number of unbranched alkanes of at least 4 members (excludes halogenated alkanes) is 3. The van der Waals surface area contributed by atoms with Gasteiger partial charge in [-0.1, -0.05) is 40.0 Å². The quantitative estimate of drug-likeness (QED) is 0.579. The molecule has 1 N–H and O–H groups in total. The second-order valence-electron chi connectivity index (χ2n) is 5.18. The summed E-state index contributed by atoms with van der Waals surface area (Å²) in [6.07, 6.45) is 4.61. The van der Waals surface area contributed by atoms with Gasteiger partial charge in [0.2, 0.25) is 0 Å². The highest BCUT2D eigenvalue weighted by atomic mass is 31.2. The Bertz CT molecular complexity index is 242. The molecule has 1 rings (SSSR count). The Morgan fingerprint density at radius 2 is 1.81 bits per heavy atom. The second kappa shape index (κ2) is 6.15. The van der Waals surface area contributed by atoms with E-state index >= 15 is 0 Å². The van der Waals surface area contributed by atoms with Crippen LogP contribution < -0.4 is 5.09 Å². The Morgan fingerprint density at radius 3 is 2.38 bits per heavy atom. The lowest BCUT2D eigenvalue weighted by Crippen LogP contribution is -2.33. The topological polar surface area (TPSA) is 47.6 Å². The van der Waals surface area contributed by atoms with Gasteiger partial charge in [0, 0.05) is 12.0 Å². The van der Waals surface area contributed by atoms with Crippen LogP contribution in [0.15, 0.2) is 0 Å². The summed E-state index contributed by atoms with van der Waals surface area (Å²) in [6, 6.07) is 0. The number of nitrogens with one attached hydrogen (secondary N) is 1.